The monoisotopic (exact) mass is 469 g/mol. The minimum Gasteiger partial charge on any atom is -0.375 e. The van der Waals surface area contributed by atoms with Crippen LogP contribution in [0.4, 0.5) is 0 Å². The number of carbonyl (C=O) groups excluding carboxylic acids is 1. The molecule has 1 spiro atoms. The lowest BCUT2D eigenvalue weighted by molar-refractivity contribution is -0.139. The molecule has 178 valence electrons. The molecule has 5 nitrogen and oxygen atoms in total. The van der Waals surface area contributed by atoms with Gasteiger partial charge in [-0.15, -0.1) is 12.4 Å². The minimum atomic E-state index is -0.0860. The topological polar surface area (TPSA) is 44.8 Å². The van der Waals surface area contributed by atoms with Gasteiger partial charge in [-0.2, -0.15) is 0 Å². The summed E-state index contributed by atoms with van der Waals surface area (Å²) in [7, 11) is 2.06. The van der Waals surface area contributed by atoms with Crippen molar-refractivity contribution in [2.75, 3.05) is 33.4 Å². The molecule has 2 saturated heterocycles. The Morgan fingerprint density at radius 3 is 2.67 bits per heavy atom. The molecule has 2 aliphatic carbocycles. The van der Waals surface area contributed by atoms with Crippen molar-refractivity contribution in [3.05, 3.63) is 47.5 Å². The second kappa shape index (κ2) is 8.84. The third-order valence-electron chi connectivity index (χ3n) is 8.87. The van der Waals surface area contributed by atoms with Gasteiger partial charge >= 0.3 is 0 Å². The van der Waals surface area contributed by atoms with Crippen LogP contribution in [-0.2, 0) is 9.53 Å². The number of amides is 1. The summed E-state index contributed by atoms with van der Waals surface area (Å²) in [5.41, 5.74) is 2.58. The average Bonchev–Trinajstić information content (AvgIpc) is 3.56. The predicted octanol–water partition coefficient (Wildman–Crippen LogP) is 4.25. The van der Waals surface area contributed by atoms with Crippen LogP contribution >= 0.6 is 12.4 Å². The third-order valence-corrected chi connectivity index (χ3v) is 8.87. The van der Waals surface area contributed by atoms with Crippen LogP contribution in [0, 0.1) is 0 Å². The van der Waals surface area contributed by atoms with Gasteiger partial charge < -0.3 is 15.0 Å². The summed E-state index contributed by atoms with van der Waals surface area (Å²) < 4.78 is 6.31. The first-order chi connectivity index (χ1) is 15.6. The van der Waals surface area contributed by atoms with Crippen molar-refractivity contribution in [2.45, 2.75) is 68.5 Å². The fourth-order valence-corrected chi connectivity index (χ4v) is 7.18. The highest BCUT2D eigenvalue weighted by Crippen LogP contribution is 2.48. The molecule has 1 saturated carbocycles. The molecule has 4 aliphatic rings. The summed E-state index contributed by atoms with van der Waals surface area (Å²) >= 11 is 0. The zero-order valence-corrected chi connectivity index (χ0v) is 20.6. The smallest absolute Gasteiger partial charge is 0.230 e. The van der Waals surface area contributed by atoms with Crippen LogP contribution in [-0.4, -0.2) is 66.8 Å². The van der Waals surface area contributed by atoms with E-state index in [-0.39, 0.29) is 41.8 Å². The Morgan fingerprint density at radius 1 is 1.18 bits per heavy atom. The number of halogens is 1. The Bertz CT molecular complexity index is 1030. The third kappa shape index (κ3) is 3.68. The number of rotatable bonds is 3. The molecule has 1 amide bonds. The van der Waals surface area contributed by atoms with Gasteiger partial charge in [0.15, 0.2) is 0 Å². The van der Waals surface area contributed by atoms with Crippen molar-refractivity contribution < 1.29 is 9.53 Å². The summed E-state index contributed by atoms with van der Waals surface area (Å²) in [4.78, 5) is 18.8. The number of benzene rings is 2. The predicted molar refractivity (Wildman–Crippen MR) is 134 cm³/mol. The number of hydrogen-bond donors (Lipinski definition) is 1. The largest absolute Gasteiger partial charge is 0.375 e. The highest BCUT2D eigenvalue weighted by atomic mass is 35.5. The molecule has 6 rings (SSSR count). The van der Waals surface area contributed by atoms with Gasteiger partial charge in [0.2, 0.25) is 5.91 Å². The first-order valence-electron chi connectivity index (χ1n) is 12.4. The minimum absolute atomic E-state index is 0. The van der Waals surface area contributed by atoms with Gasteiger partial charge in [0, 0.05) is 45.5 Å². The van der Waals surface area contributed by atoms with Crippen molar-refractivity contribution in [1.82, 2.24) is 15.1 Å². The molecule has 3 fully saturated rings. The van der Waals surface area contributed by atoms with Gasteiger partial charge in [0.25, 0.3) is 0 Å². The lowest BCUT2D eigenvalue weighted by Gasteiger charge is -2.48. The summed E-state index contributed by atoms with van der Waals surface area (Å²) in [5, 5.41) is 6.06. The normalized spacial score (nSPS) is 33.5. The molecular formula is C27H36ClN3O2. The van der Waals surface area contributed by atoms with Gasteiger partial charge in [0.1, 0.15) is 0 Å². The number of nitrogens with one attached hydrogen (secondary N) is 1. The maximum atomic E-state index is 14.1. The Kier molecular flexibility index (Phi) is 6.19. The zero-order valence-electron chi connectivity index (χ0n) is 19.8. The highest BCUT2D eigenvalue weighted by molar-refractivity contribution is 5.99. The van der Waals surface area contributed by atoms with Gasteiger partial charge in [0.05, 0.1) is 11.5 Å². The molecule has 1 N–H and O–H groups in total. The number of carbonyl (C=O) groups is 1. The standard InChI is InChI=1S/C27H35N3O2.ClH/c1-18-20-8-3-6-19-7-4-9-21(25(19)20)24(18)26(31)29(2)22-10-12-27(11-5-15-32-27)16-23(22)30-14-13-28-17-30;/h3-4,6-9,18,22-24,28H,5,10-17H2,1-2H3;1H/t18?,22-,23-,24?,27?;/m0./s1. The van der Waals surface area contributed by atoms with E-state index < -0.39 is 0 Å². The van der Waals surface area contributed by atoms with Crippen LogP contribution in [0.25, 0.3) is 10.8 Å². The summed E-state index contributed by atoms with van der Waals surface area (Å²) in [5.74, 6) is 0.412. The van der Waals surface area contributed by atoms with E-state index >= 15 is 0 Å². The molecule has 33 heavy (non-hydrogen) atoms. The summed E-state index contributed by atoms with van der Waals surface area (Å²) in [6.07, 6.45) is 5.50. The molecule has 0 aromatic heterocycles. The Morgan fingerprint density at radius 2 is 1.97 bits per heavy atom. The fraction of sp³-hybridized carbons (Fsp3) is 0.593. The van der Waals surface area contributed by atoms with Crippen molar-refractivity contribution >= 4 is 29.1 Å². The van der Waals surface area contributed by atoms with Crippen LogP contribution < -0.4 is 5.32 Å². The fourth-order valence-electron chi connectivity index (χ4n) is 7.18. The van der Waals surface area contributed by atoms with Crippen LogP contribution in [0.1, 0.15) is 62.0 Å². The molecule has 0 bridgehead atoms. The van der Waals surface area contributed by atoms with Crippen molar-refractivity contribution in [3.63, 3.8) is 0 Å². The van der Waals surface area contributed by atoms with Gasteiger partial charge in [-0.05, 0) is 59.9 Å². The molecular weight excluding hydrogens is 434 g/mol. The molecule has 6 heteroatoms. The van der Waals surface area contributed by atoms with E-state index in [1.165, 1.54) is 34.7 Å². The van der Waals surface area contributed by atoms with Crippen LogP contribution in [0.3, 0.4) is 0 Å². The first kappa shape index (κ1) is 23.1. The number of ether oxygens (including phenoxy) is 1. The number of likely N-dealkylation sites (N-methyl/N-ethyl adjacent to an activating group) is 1. The molecule has 0 radical (unpaired) electrons. The van der Waals surface area contributed by atoms with Crippen LogP contribution in [0.2, 0.25) is 0 Å². The maximum Gasteiger partial charge on any atom is 0.230 e. The van der Waals surface area contributed by atoms with E-state index in [2.05, 4.69) is 65.5 Å². The van der Waals surface area contributed by atoms with E-state index in [9.17, 15) is 4.79 Å². The quantitative estimate of drug-likeness (QED) is 0.729. The van der Waals surface area contributed by atoms with Crippen molar-refractivity contribution in [3.8, 4) is 0 Å². The van der Waals surface area contributed by atoms with Crippen molar-refractivity contribution in [1.29, 1.82) is 0 Å². The Hall–Kier alpha value is -1.66. The first-order valence-corrected chi connectivity index (χ1v) is 12.4. The summed E-state index contributed by atoms with van der Waals surface area (Å²) in [6.45, 7) is 6.14. The van der Waals surface area contributed by atoms with E-state index in [4.69, 9.17) is 4.74 Å². The molecule has 2 aromatic carbocycles. The SMILES string of the molecule is CC1c2cccc3cccc(c23)C1C(=O)N(C)[C@H]1CCC2(CCCO2)C[C@@H]1N1CCNC1.Cl. The van der Waals surface area contributed by atoms with E-state index in [0.29, 0.717) is 6.04 Å². The van der Waals surface area contributed by atoms with E-state index in [0.717, 1.165) is 45.6 Å². The average molecular weight is 470 g/mol. The molecule has 5 atom stereocenters. The molecule has 3 unspecified atom stereocenters. The van der Waals surface area contributed by atoms with Crippen LogP contribution in [0.15, 0.2) is 36.4 Å². The van der Waals surface area contributed by atoms with E-state index in [1.807, 2.05) is 0 Å². The lowest BCUT2D eigenvalue weighted by Crippen LogP contribution is -2.59. The number of hydrogen-bond acceptors (Lipinski definition) is 4. The molecule has 2 aliphatic heterocycles. The van der Waals surface area contributed by atoms with Gasteiger partial charge in [-0.1, -0.05) is 43.3 Å². The number of nitrogens with zero attached hydrogens (tertiary/aromatic N) is 2. The lowest BCUT2D eigenvalue weighted by atomic mass is 9.76. The van der Waals surface area contributed by atoms with Crippen molar-refractivity contribution in [2.24, 2.45) is 0 Å². The van der Waals surface area contributed by atoms with E-state index in [1.54, 1.807) is 0 Å². The van der Waals surface area contributed by atoms with Crippen LogP contribution in [0.5, 0.6) is 0 Å². The summed E-state index contributed by atoms with van der Waals surface area (Å²) in [6, 6.07) is 13.6. The Balaban J connectivity index is 0.00000228. The highest BCUT2D eigenvalue weighted by Gasteiger charge is 2.49. The zero-order chi connectivity index (χ0) is 21.9. The second-order valence-electron chi connectivity index (χ2n) is 10.5. The maximum absolute atomic E-state index is 14.1. The molecule has 2 heterocycles. The van der Waals surface area contributed by atoms with Gasteiger partial charge in [-0.3, -0.25) is 9.69 Å². The Labute approximate surface area is 203 Å². The molecule has 2 aromatic rings. The second-order valence-corrected chi connectivity index (χ2v) is 10.5. The van der Waals surface area contributed by atoms with Gasteiger partial charge in [-0.25, -0.2) is 0 Å².